The summed E-state index contributed by atoms with van der Waals surface area (Å²) in [5, 5.41) is 0.642. The summed E-state index contributed by atoms with van der Waals surface area (Å²) in [5.74, 6) is -0.511. The molecule has 0 N–H and O–H groups in total. The number of rotatable bonds is 2. The molecule has 2 heterocycles. The van der Waals surface area contributed by atoms with Gasteiger partial charge in [-0.05, 0) is 69.4 Å². The minimum absolute atomic E-state index is 0.234. The smallest absolute Gasteiger partial charge is 0.411 e. The molecular formula is C26H33ClFN3O4. The van der Waals surface area contributed by atoms with Crippen LogP contribution >= 0.6 is 11.6 Å². The van der Waals surface area contributed by atoms with E-state index in [0.29, 0.717) is 18.0 Å². The average molecular weight is 506 g/mol. The van der Waals surface area contributed by atoms with Gasteiger partial charge in [0, 0.05) is 37.3 Å². The SMILES string of the molecule is COC(=O)[C@H]1CN(C2C3=C(CCc4cc(Cl)ccc42)CC(C)(F)C=N3)CCN1C(=O)OC(C)(C)C. The Hall–Kier alpha value is -2.45. The number of esters is 1. The minimum atomic E-state index is -1.50. The summed E-state index contributed by atoms with van der Waals surface area (Å²) in [7, 11) is 1.31. The fourth-order valence-electron chi connectivity index (χ4n) is 5.10. The van der Waals surface area contributed by atoms with Crippen LogP contribution in [-0.2, 0) is 20.7 Å². The van der Waals surface area contributed by atoms with Crippen LogP contribution in [0.2, 0.25) is 5.02 Å². The average Bonchev–Trinajstić information content (AvgIpc) is 2.92. The van der Waals surface area contributed by atoms with Gasteiger partial charge in [0.25, 0.3) is 0 Å². The van der Waals surface area contributed by atoms with Crippen LogP contribution in [0.1, 0.15) is 57.7 Å². The van der Waals surface area contributed by atoms with Crippen LogP contribution < -0.4 is 0 Å². The van der Waals surface area contributed by atoms with E-state index >= 15 is 0 Å². The van der Waals surface area contributed by atoms with Gasteiger partial charge in [0.05, 0.1) is 18.8 Å². The highest BCUT2D eigenvalue weighted by atomic mass is 35.5. The molecule has 1 aliphatic carbocycles. The number of halogens is 2. The van der Waals surface area contributed by atoms with E-state index in [0.717, 1.165) is 28.8 Å². The molecule has 0 spiro atoms. The molecule has 190 valence electrons. The molecule has 4 rings (SSSR count). The predicted molar refractivity (Wildman–Crippen MR) is 132 cm³/mol. The second-order valence-corrected chi connectivity index (χ2v) is 11.1. The second-order valence-electron chi connectivity index (χ2n) is 10.7. The van der Waals surface area contributed by atoms with Crippen LogP contribution in [0.4, 0.5) is 9.18 Å². The number of aryl methyl sites for hydroxylation is 1. The number of fused-ring (bicyclic) bond motifs is 1. The van der Waals surface area contributed by atoms with Crippen molar-refractivity contribution in [2.75, 3.05) is 26.7 Å². The maximum absolute atomic E-state index is 14.9. The Morgan fingerprint density at radius 3 is 2.66 bits per heavy atom. The van der Waals surface area contributed by atoms with Crippen molar-refractivity contribution in [2.45, 2.75) is 70.3 Å². The number of alkyl halides is 1. The normalized spacial score (nSPS) is 27.1. The Morgan fingerprint density at radius 1 is 1.23 bits per heavy atom. The topological polar surface area (TPSA) is 71.4 Å². The van der Waals surface area contributed by atoms with Crippen molar-refractivity contribution in [3.8, 4) is 0 Å². The molecule has 0 saturated carbocycles. The summed E-state index contributed by atoms with van der Waals surface area (Å²) in [6.07, 6.45) is 2.53. The van der Waals surface area contributed by atoms with E-state index in [1.807, 2.05) is 18.2 Å². The van der Waals surface area contributed by atoms with Crippen molar-refractivity contribution in [1.82, 2.24) is 9.80 Å². The van der Waals surface area contributed by atoms with Crippen LogP contribution in [-0.4, -0.2) is 72.1 Å². The number of aliphatic imine (C=N–C) groups is 1. The molecule has 7 nitrogen and oxygen atoms in total. The number of carbonyl (C=O) groups excluding carboxylic acids is 2. The first-order valence-electron chi connectivity index (χ1n) is 11.9. The Morgan fingerprint density at radius 2 is 1.97 bits per heavy atom. The highest BCUT2D eigenvalue weighted by molar-refractivity contribution is 6.30. The monoisotopic (exact) mass is 505 g/mol. The van der Waals surface area contributed by atoms with E-state index < -0.39 is 29.4 Å². The molecule has 2 aliphatic heterocycles. The van der Waals surface area contributed by atoms with E-state index in [1.165, 1.54) is 25.1 Å². The van der Waals surface area contributed by atoms with E-state index in [1.54, 1.807) is 20.8 Å². The molecule has 1 aromatic rings. The third kappa shape index (κ3) is 5.54. The highest BCUT2D eigenvalue weighted by Gasteiger charge is 2.43. The van der Waals surface area contributed by atoms with Gasteiger partial charge in [-0.25, -0.2) is 14.0 Å². The number of ether oxygens (including phenoxy) is 2. The summed E-state index contributed by atoms with van der Waals surface area (Å²) in [5.41, 5.74) is 1.71. The third-order valence-corrected chi connectivity index (χ3v) is 6.86. The van der Waals surface area contributed by atoms with Gasteiger partial charge in [0.2, 0.25) is 0 Å². The number of hydrogen-bond acceptors (Lipinski definition) is 6. The summed E-state index contributed by atoms with van der Waals surface area (Å²) in [6, 6.07) is 4.66. The van der Waals surface area contributed by atoms with Crippen LogP contribution in [0, 0.1) is 0 Å². The van der Waals surface area contributed by atoms with Crippen molar-refractivity contribution < 1.29 is 23.5 Å². The summed E-state index contributed by atoms with van der Waals surface area (Å²) < 4.78 is 25.5. The first-order chi connectivity index (χ1) is 16.4. The minimum Gasteiger partial charge on any atom is -0.467 e. The van der Waals surface area contributed by atoms with Gasteiger partial charge in [-0.1, -0.05) is 17.7 Å². The molecule has 1 amide bonds. The molecule has 1 saturated heterocycles. The van der Waals surface area contributed by atoms with E-state index in [-0.39, 0.29) is 25.6 Å². The Kier molecular flexibility index (Phi) is 6.99. The van der Waals surface area contributed by atoms with E-state index in [4.69, 9.17) is 21.1 Å². The number of piperazine rings is 1. The number of hydrogen-bond donors (Lipinski definition) is 0. The lowest BCUT2D eigenvalue weighted by molar-refractivity contribution is -0.149. The lowest BCUT2D eigenvalue weighted by Gasteiger charge is -2.44. The van der Waals surface area contributed by atoms with Gasteiger partial charge in [-0.3, -0.25) is 14.8 Å². The summed E-state index contributed by atoms with van der Waals surface area (Å²) >= 11 is 6.32. The quantitative estimate of drug-likeness (QED) is 0.536. The zero-order chi connectivity index (χ0) is 25.5. The number of methoxy groups -OCH3 is 1. The maximum atomic E-state index is 14.9. The molecule has 0 radical (unpaired) electrons. The van der Waals surface area contributed by atoms with Crippen LogP contribution in [0.5, 0.6) is 0 Å². The predicted octanol–water partition coefficient (Wildman–Crippen LogP) is 4.88. The summed E-state index contributed by atoms with van der Waals surface area (Å²) in [4.78, 5) is 33.9. The second kappa shape index (κ2) is 9.54. The third-order valence-electron chi connectivity index (χ3n) is 6.63. The van der Waals surface area contributed by atoms with Gasteiger partial charge in [-0.15, -0.1) is 0 Å². The molecule has 3 atom stereocenters. The molecule has 1 fully saturated rings. The van der Waals surface area contributed by atoms with Gasteiger partial charge < -0.3 is 9.47 Å². The molecule has 1 aromatic carbocycles. The van der Waals surface area contributed by atoms with Crippen LogP contribution in [0.3, 0.4) is 0 Å². The Bertz CT molecular complexity index is 1080. The van der Waals surface area contributed by atoms with Crippen molar-refractivity contribution in [2.24, 2.45) is 4.99 Å². The molecular weight excluding hydrogens is 473 g/mol. The fourth-order valence-corrected chi connectivity index (χ4v) is 5.30. The Labute approximate surface area is 210 Å². The first kappa shape index (κ1) is 25.6. The largest absolute Gasteiger partial charge is 0.467 e. The lowest BCUT2D eigenvalue weighted by atomic mass is 9.90. The zero-order valence-electron chi connectivity index (χ0n) is 20.9. The standard InChI is InChI=1S/C26H33ClFN3O4/c1-25(2,3)35-24(33)31-11-10-30(14-20(31)23(32)34-5)22-19-9-8-18(27)12-16(19)6-7-17-13-26(4,28)15-29-21(17)22/h8-9,12,15,20,22H,6-7,10-11,13-14H2,1-5H3/t20-,22?,26?/m1/s1. The summed E-state index contributed by atoms with van der Waals surface area (Å²) in [6.45, 7) is 7.90. The number of amides is 1. The molecule has 2 unspecified atom stereocenters. The van der Waals surface area contributed by atoms with Gasteiger partial charge in [0.1, 0.15) is 17.3 Å². The van der Waals surface area contributed by atoms with Gasteiger partial charge in [0.15, 0.2) is 0 Å². The van der Waals surface area contributed by atoms with Crippen LogP contribution in [0.15, 0.2) is 34.5 Å². The van der Waals surface area contributed by atoms with E-state index in [9.17, 15) is 14.0 Å². The number of benzene rings is 1. The maximum Gasteiger partial charge on any atom is 0.411 e. The van der Waals surface area contributed by atoms with Gasteiger partial charge in [-0.2, -0.15) is 0 Å². The molecule has 9 heteroatoms. The number of allylic oxidation sites excluding steroid dienone is 1. The zero-order valence-corrected chi connectivity index (χ0v) is 21.7. The molecule has 0 aromatic heterocycles. The molecule has 0 bridgehead atoms. The van der Waals surface area contributed by atoms with Crippen molar-refractivity contribution >= 4 is 29.9 Å². The van der Waals surface area contributed by atoms with Crippen molar-refractivity contribution in [3.63, 3.8) is 0 Å². The number of nitrogens with zero attached hydrogens (tertiary/aromatic N) is 3. The van der Waals surface area contributed by atoms with Crippen molar-refractivity contribution in [3.05, 3.63) is 45.6 Å². The first-order valence-corrected chi connectivity index (χ1v) is 12.3. The molecule has 3 aliphatic rings. The van der Waals surface area contributed by atoms with E-state index in [2.05, 4.69) is 9.89 Å². The Balaban J connectivity index is 1.71. The van der Waals surface area contributed by atoms with Gasteiger partial charge >= 0.3 is 12.1 Å². The number of carbonyl (C=O) groups is 2. The van der Waals surface area contributed by atoms with Crippen LogP contribution in [0.25, 0.3) is 0 Å². The highest BCUT2D eigenvalue weighted by Crippen LogP contribution is 2.44. The fraction of sp³-hybridized carbons (Fsp3) is 0.577. The molecule has 35 heavy (non-hydrogen) atoms. The van der Waals surface area contributed by atoms with Crippen molar-refractivity contribution in [1.29, 1.82) is 0 Å². The lowest BCUT2D eigenvalue weighted by Crippen LogP contribution is -2.59.